The van der Waals surface area contributed by atoms with E-state index in [1.807, 2.05) is 0 Å². The largest absolute Gasteiger partial charge is 0.411 e. The van der Waals surface area contributed by atoms with Gasteiger partial charge in [-0.05, 0) is 24.8 Å². The third kappa shape index (κ3) is 1.05. The van der Waals surface area contributed by atoms with Crippen LogP contribution < -0.4 is 0 Å². The summed E-state index contributed by atoms with van der Waals surface area (Å²) in [5.41, 5.74) is 2.56. The molecule has 1 aliphatic rings. The van der Waals surface area contributed by atoms with Gasteiger partial charge in [-0.1, -0.05) is 5.16 Å². The van der Waals surface area contributed by atoms with Crippen molar-refractivity contribution in [2.75, 3.05) is 0 Å². The first-order valence-corrected chi connectivity index (χ1v) is 3.92. The quantitative estimate of drug-likeness (QED) is 0.458. The lowest BCUT2D eigenvalue weighted by Crippen LogP contribution is -2.14. The highest BCUT2D eigenvalue weighted by atomic mass is 16.4. The maximum absolute atomic E-state index is 8.67. The Hall–Kier alpha value is -1.45. The third-order valence-corrected chi connectivity index (χ3v) is 2.04. The normalized spacial score (nSPS) is 19.2. The van der Waals surface area contributed by atoms with E-state index >= 15 is 0 Å². The van der Waals surface area contributed by atoms with Gasteiger partial charge in [0.1, 0.15) is 12.0 Å². The zero-order valence-electron chi connectivity index (χ0n) is 6.56. The van der Waals surface area contributed by atoms with Gasteiger partial charge in [-0.3, -0.25) is 0 Å². The molecule has 62 valence electrons. The van der Waals surface area contributed by atoms with Crippen molar-refractivity contribution in [2.45, 2.75) is 19.3 Å². The molecule has 0 saturated heterocycles. The van der Waals surface area contributed by atoms with Gasteiger partial charge >= 0.3 is 0 Å². The molecular formula is C8H9N3O. The van der Waals surface area contributed by atoms with Gasteiger partial charge in [0.05, 0.1) is 5.69 Å². The molecule has 4 nitrogen and oxygen atoms in total. The van der Waals surface area contributed by atoms with Crippen LogP contribution in [0.1, 0.15) is 24.1 Å². The van der Waals surface area contributed by atoms with Crippen LogP contribution in [0.3, 0.4) is 0 Å². The lowest BCUT2D eigenvalue weighted by molar-refractivity contribution is 0.317. The van der Waals surface area contributed by atoms with Gasteiger partial charge in [-0.15, -0.1) is 0 Å². The highest BCUT2D eigenvalue weighted by Crippen LogP contribution is 2.17. The molecule has 0 saturated carbocycles. The lowest BCUT2D eigenvalue weighted by atomic mass is 9.96. The van der Waals surface area contributed by atoms with Crippen LogP contribution in [0.25, 0.3) is 0 Å². The van der Waals surface area contributed by atoms with Crippen molar-refractivity contribution < 1.29 is 5.21 Å². The Morgan fingerprint density at radius 3 is 3.17 bits per heavy atom. The molecule has 1 heterocycles. The minimum atomic E-state index is 0.679. The van der Waals surface area contributed by atoms with Gasteiger partial charge in [-0.2, -0.15) is 0 Å². The predicted octanol–water partition coefficient (Wildman–Crippen LogP) is 0.991. The van der Waals surface area contributed by atoms with Gasteiger partial charge < -0.3 is 5.21 Å². The molecule has 0 unspecified atom stereocenters. The van der Waals surface area contributed by atoms with Crippen molar-refractivity contribution in [3.05, 3.63) is 23.8 Å². The van der Waals surface area contributed by atoms with E-state index in [-0.39, 0.29) is 0 Å². The van der Waals surface area contributed by atoms with E-state index in [0.717, 1.165) is 30.5 Å². The molecule has 0 aliphatic heterocycles. The Morgan fingerprint density at radius 2 is 2.33 bits per heavy atom. The molecule has 2 rings (SSSR count). The van der Waals surface area contributed by atoms with E-state index < -0.39 is 0 Å². The van der Waals surface area contributed by atoms with Crippen molar-refractivity contribution in [1.29, 1.82) is 0 Å². The molecule has 1 aromatic heterocycles. The van der Waals surface area contributed by atoms with Crippen LogP contribution in [-0.4, -0.2) is 20.9 Å². The van der Waals surface area contributed by atoms with Crippen molar-refractivity contribution >= 4 is 5.71 Å². The molecule has 0 aromatic carbocycles. The average molecular weight is 163 g/mol. The van der Waals surface area contributed by atoms with Crippen LogP contribution in [-0.2, 0) is 6.42 Å². The Morgan fingerprint density at radius 1 is 1.42 bits per heavy atom. The first kappa shape index (κ1) is 7.21. The van der Waals surface area contributed by atoms with Crippen LogP contribution in [0.5, 0.6) is 0 Å². The number of aromatic nitrogens is 2. The average Bonchev–Trinajstić information content (AvgIpc) is 2.17. The molecule has 0 fully saturated rings. The predicted molar refractivity (Wildman–Crippen MR) is 43.3 cm³/mol. The van der Waals surface area contributed by atoms with Crippen molar-refractivity contribution in [3.8, 4) is 0 Å². The first-order chi connectivity index (χ1) is 5.92. The van der Waals surface area contributed by atoms with Gasteiger partial charge in [0.15, 0.2) is 0 Å². The van der Waals surface area contributed by atoms with Crippen LogP contribution in [0.15, 0.2) is 17.7 Å². The van der Waals surface area contributed by atoms with Gasteiger partial charge in [0.25, 0.3) is 0 Å². The SMILES string of the molecule is ON=C1CCCc2cncnc21. The second-order valence-corrected chi connectivity index (χ2v) is 2.80. The van der Waals surface area contributed by atoms with Crippen LogP contribution in [0.2, 0.25) is 0 Å². The van der Waals surface area contributed by atoms with E-state index in [1.165, 1.54) is 6.33 Å². The molecule has 0 amide bonds. The highest BCUT2D eigenvalue weighted by molar-refractivity contribution is 6.00. The van der Waals surface area contributed by atoms with E-state index in [1.54, 1.807) is 6.20 Å². The Labute approximate surface area is 70.0 Å². The van der Waals surface area contributed by atoms with Crippen molar-refractivity contribution in [3.63, 3.8) is 0 Å². The minimum Gasteiger partial charge on any atom is -0.411 e. The Balaban J connectivity index is 2.51. The second-order valence-electron chi connectivity index (χ2n) is 2.80. The summed E-state index contributed by atoms with van der Waals surface area (Å²) in [5, 5.41) is 11.9. The van der Waals surface area contributed by atoms with E-state index in [2.05, 4.69) is 15.1 Å². The summed E-state index contributed by atoms with van der Waals surface area (Å²) in [5.74, 6) is 0. The maximum Gasteiger partial charge on any atom is 0.116 e. The summed E-state index contributed by atoms with van der Waals surface area (Å²) < 4.78 is 0. The fourth-order valence-corrected chi connectivity index (χ4v) is 1.46. The number of rotatable bonds is 0. The maximum atomic E-state index is 8.67. The van der Waals surface area contributed by atoms with E-state index in [4.69, 9.17) is 5.21 Å². The fourth-order valence-electron chi connectivity index (χ4n) is 1.46. The zero-order valence-corrected chi connectivity index (χ0v) is 6.56. The number of nitrogens with zero attached hydrogens (tertiary/aromatic N) is 3. The zero-order chi connectivity index (χ0) is 8.39. The number of hydrogen-bond donors (Lipinski definition) is 1. The van der Waals surface area contributed by atoms with Crippen LogP contribution in [0, 0.1) is 0 Å². The summed E-state index contributed by atoms with van der Waals surface area (Å²) in [4.78, 5) is 7.99. The van der Waals surface area contributed by atoms with E-state index in [9.17, 15) is 0 Å². The molecule has 4 heteroatoms. The summed E-state index contributed by atoms with van der Waals surface area (Å²) in [7, 11) is 0. The van der Waals surface area contributed by atoms with Gasteiger partial charge in [0.2, 0.25) is 0 Å². The second kappa shape index (κ2) is 2.89. The number of oxime groups is 1. The number of fused-ring (bicyclic) bond motifs is 1. The molecule has 1 aliphatic carbocycles. The number of hydrogen-bond acceptors (Lipinski definition) is 4. The Kier molecular flexibility index (Phi) is 1.74. The van der Waals surface area contributed by atoms with E-state index in [0.29, 0.717) is 5.71 Å². The summed E-state index contributed by atoms with van der Waals surface area (Å²) in [6.07, 6.45) is 6.07. The molecule has 0 bridgehead atoms. The smallest absolute Gasteiger partial charge is 0.116 e. The van der Waals surface area contributed by atoms with Gasteiger partial charge in [0, 0.05) is 6.20 Å². The third-order valence-electron chi connectivity index (χ3n) is 2.04. The molecule has 0 atom stereocenters. The summed E-state index contributed by atoms with van der Waals surface area (Å²) in [6, 6.07) is 0. The van der Waals surface area contributed by atoms with Crippen molar-refractivity contribution in [1.82, 2.24) is 9.97 Å². The van der Waals surface area contributed by atoms with Gasteiger partial charge in [-0.25, -0.2) is 9.97 Å². The summed E-state index contributed by atoms with van der Waals surface area (Å²) in [6.45, 7) is 0. The van der Waals surface area contributed by atoms with Crippen LogP contribution in [0.4, 0.5) is 0 Å². The first-order valence-electron chi connectivity index (χ1n) is 3.92. The Bertz CT molecular complexity index is 322. The topological polar surface area (TPSA) is 58.4 Å². The highest BCUT2D eigenvalue weighted by Gasteiger charge is 2.16. The molecule has 0 radical (unpaired) electrons. The molecular weight excluding hydrogens is 154 g/mol. The fraction of sp³-hybridized carbons (Fsp3) is 0.375. The van der Waals surface area contributed by atoms with Crippen molar-refractivity contribution in [2.24, 2.45) is 5.16 Å². The van der Waals surface area contributed by atoms with Crippen LogP contribution >= 0.6 is 0 Å². The molecule has 0 spiro atoms. The molecule has 12 heavy (non-hydrogen) atoms. The monoisotopic (exact) mass is 163 g/mol. The molecule has 1 N–H and O–H groups in total. The lowest BCUT2D eigenvalue weighted by Gasteiger charge is -2.13. The molecule has 1 aromatic rings. The standard InChI is InChI=1S/C8H9N3O/c12-11-7-3-1-2-6-4-9-5-10-8(6)7/h4-5,12H,1-3H2. The summed E-state index contributed by atoms with van der Waals surface area (Å²) >= 11 is 0. The minimum absolute atomic E-state index is 0.679. The number of aryl methyl sites for hydroxylation is 1.